The largest absolute Gasteiger partial charge is 0.369 e. The number of nitrogens with one attached hydrogen (secondary N) is 1. The monoisotopic (exact) mass is 341 g/mol. The smallest absolute Gasteiger partial charge is 0.244 e. The van der Waals surface area contributed by atoms with E-state index in [0.29, 0.717) is 18.5 Å². The van der Waals surface area contributed by atoms with E-state index in [4.69, 9.17) is 5.73 Å². The zero-order chi connectivity index (χ0) is 18.0. The minimum atomic E-state index is -0.434. The fraction of sp³-hybridized carbons (Fsp3) is 0.333. The lowest BCUT2D eigenvalue weighted by molar-refractivity contribution is -0.142. The Morgan fingerprint density at radius 1 is 1.04 bits per heavy atom. The molecule has 2 aliphatic rings. The molecule has 2 unspecified atom stereocenters. The molecule has 1 aromatic rings. The zero-order valence-electron chi connectivity index (χ0n) is 13.6. The lowest BCUT2D eigenvalue weighted by Crippen LogP contribution is -2.38. The summed E-state index contributed by atoms with van der Waals surface area (Å²) >= 11 is 0. The average Bonchev–Trinajstić information content (AvgIpc) is 2.82. The summed E-state index contributed by atoms with van der Waals surface area (Å²) < 4.78 is 0. The highest BCUT2D eigenvalue weighted by Gasteiger charge is 2.47. The van der Waals surface area contributed by atoms with Crippen LogP contribution in [0.4, 0.5) is 5.69 Å². The Morgan fingerprint density at radius 2 is 1.60 bits per heavy atom. The highest BCUT2D eigenvalue weighted by molar-refractivity contribution is 6.08. The van der Waals surface area contributed by atoms with E-state index < -0.39 is 11.8 Å². The number of nitrogens with zero attached hydrogens (tertiary/aromatic N) is 1. The van der Waals surface area contributed by atoms with Crippen LogP contribution in [0.25, 0.3) is 0 Å². The standard InChI is InChI=1S/C18H19N3O4/c19-15(22)9-11-5-7-12(8-6-11)20-16(23)10-21-17(24)13-3-1-2-4-14(13)18(21)25/h1-2,5-8,13-14H,3-4,9-10H2,(H2,19,22)(H,20,23). The van der Waals surface area contributed by atoms with Crippen LogP contribution < -0.4 is 11.1 Å². The van der Waals surface area contributed by atoms with E-state index >= 15 is 0 Å². The van der Waals surface area contributed by atoms with Gasteiger partial charge in [-0.3, -0.25) is 24.1 Å². The molecule has 1 aliphatic heterocycles. The molecule has 1 saturated heterocycles. The van der Waals surface area contributed by atoms with E-state index in [1.54, 1.807) is 24.3 Å². The molecule has 2 atom stereocenters. The van der Waals surface area contributed by atoms with Gasteiger partial charge in [0.15, 0.2) is 0 Å². The summed E-state index contributed by atoms with van der Waals surface area (Å²) in [7, 11) is 0. The number of likely N-dealkylation sites (tertiary alicyclic amines) is 1. The van der Waals surface area contributed by atoms with Gasteiger partial charge in [0.05, 0.1) is 18.3 Å². The first kappa shape index (κ1) is 16.9. The minimum absolute atomic E-state index is 0.127. The van der Waals surface area contributed by atoms with Crippen LogP contribution in [0.1, 0.15) is 18.4 Å². The number of benzene rings is 1. The van der Waals surface area contributed by atoms with Crippen LogP contribution in [0.2, 0.25) is 0 Å². The van der Waals surface area contributed by atoms with Gasteiger partial charge in [0.2, 0.25) is 23.6 Å². The van der Waals surface area contributed by atoms with E-state index in [9.17, 15) is 19.2 Å². The van der Waals surface area contributed by atoms with Crippen molar-refractivity contribution in [2.45, 2.75) is 19.3 Å². The fourth-order valence-corrected chi connectivity index (χ4v) is 3.28. The van der Waals surface area contributed by atoms with Crippen molar-refractivity contribution in [3.05, 3.63) is 42.0 Å². The molecule has 1 aliphatic carbocycles. The summed E-state index contributed by atoms with van der Waals surface area (Å²) in [6, 6.07) is 6.67. The van der Waals surface area contributed by atoms with Crippen molar-refractivity contribution < 1.29 is 19.2 Å². The topological polar surface area (TPSA) is 110 Å². The van der Waals surface area contributed by atoms with Crippen molar-refractivity contribution in [2.75, 3.05) is 11.9 Å². The third kappa shape index (κ3) is 3.60. The summed E-state index contributed by atoms with van der Waals surface area (Å²) in [6.45, 7) is -0.284. The van der Waals surface area contributed by atoms with Gasteiger partial charge in [-0.1, -0.05) is 24.3 Å². The normalized spacial score (nSPS) is 22.0. The third-order valence-corrected chi connectivity index (χ3v) is 4.52. The Morgan fingerprint density at radius 3 is 2.12 bits per heavy atom. The van der Waals surface area contributed by atoms with Crippen LogP contribution in [0.3, 0.4) is 0 Å². The lowest BCUT2D eigenvalue weighted by Gasteiger charge is -2.14. The number of hydrogen-bond acceptors (Lipinski definition) is 4. The number of allylic oxidation sites excluding steroid dienone is 2. The van der Waals surface area contributed by atoms with E-state index in [-0.39, 0.29) is 36.6 Å². The maximum absolute atomic E-state index is 12.3. The molecule has 3 rings (SSSR count). The van der Waals surface area contributed by atoms with Crippen molar-refractivity contribution in [3.63, 3.8) is 0 Å². The number of hydrogen-bond donors (Lipinski definition) is 2. The highest BCUT2D eigenvalue weighted by atomic mass is 16.2. The maximum Gasteiger partial charge on any atom is 0.244 e. The van der Waals surface area contributed by atoms with Crippen molar-refractivity contribution in [1.82, 2.24) is 4.90 Å². The Hall–Kier alpha value is -2.96. The van der Waals surface area contributed by atoms with Crippen molar-refractivity contribution >= 4 is 29.3 Å². The van der Waals surface area contributed by atoms with Crippen molar-refractivity contribution in [1.29, 1.82) is 0 Å². The molecule has 1 heterocycles. The molecule has 0 radical (unpaired) electrons. The molecular formula is C18H19N3O4. The Bertz CT molecular complexity index is 728. The first-order valence-corrected chi connectivity index (χ1v) is 8.13. The molecular weight excluding hydrogens is 322 g/mol. The second-order valence-corrected chi connectivity index (χ2v) is 6.31. The number of imide groups is 1. The second kappa shape index (κ2) is 6.88. The number of fused-ring (bicyclic) bond motifs is 1. The van der Waals surface area contributed by atoms with Gasteiger partial charge in [0.1, 0.15) is 6.54 Å². The molecule has 4 amide bonds. The predicted octanol–water partition coefficient (Wildman–Crippen LogP) is 0.604. The lowest BCUT2D eigenvalue weighted by atomic mass is 9.85. The molecule has 130 valence electrons. The van der Waals surface area contributed by atoms with E-state index in [1.807, 2.05) is 12.2 Å². The van der Waals surface area contributed by atoms with Gasteiger partial charge < -0.3 is 11.1 Å². The quantitative estimate of drug-likeness (QED) is 0.604. The van der Waals surface area contributed by atoms with Crippen LogP contribution in [-0.4, -0.2) is 35.1 Å². The van der Waals surface area contributed by atoms with E-state index in [2.05, 4.69) is 5.32 Å². The summed E-state index contributed by atoms with van der Waals surface area (Å²) in [4.78, 5) is 48.8. The molecule has 0 aromatic heterocycles. The van der Waals surface area contributed by atoms with Gasteiger partial charge in [-0.05, 0) is 30.5 Å². The SMILES string of the molecule is NC(=O)Cc1ccc(NC(=O)CN2C(=O)C3CC=CCC3C2=O)cc1. The van der Waals surface area contributed by atoms with Crippen LogP contribution in [-0.2, 0) is 25.6 Å². The van der Waals surface area contributed by atoms with Crippen LogP contribution in [0.5, 0.6) is 0 Å². The number of nitrogens with two attached hydrogens (primary N) is 1. The fourth-order valence-electron chi connectivity index (χ4n) is 3.28. The summed E-state index contributed by atoms with van der Waals surface area (Å²) in [6.07, 6.45) is 5.04. The Balaban J connectivity index is 1.60. The van der Waals surface area contributed by atoms with Crippen LogP contribution in [0.15, 0.2) is 36.4 Å². The first-order chi connectivity index (χ1) is 12.0. The summed E-state index contributed by atoms with van der Waals surface area (Å²) in [5, 5.41) is 2.65. The Kier molecular flexibility index (Phi) is 4.65. The molecule has 0 bridgehead atoms. The van der Waals surface area contributed by atoms with Crippen LogP contribution in [0, 0.1) is 11.8 Å². The molecule has 1 fully saturated rings. The highest BCUT2D eigenvalue weighted by Crippen LogP contribution is 2.34. The van der Waals surface area contributed by atoms with E-state index in [0.717, 1.165) is 10.5 Å². The first-order valence-electron chi connectivity index (χ1n) is 8.13. The molecule has 25 heavy (non-hydrogen) atoms. The number of rotatable bonds is 5. The van der Waals surface area contributed by atoms with Crippen molar-refractivity contribution in [3.8, 4) is 0 Å². The van der Waals surface area contributed by atoms with Crippen molar-refractivity contribution in [2.24, 2.45) is 17.6 Å². The molecule has 1 aromatic carbocycles. The molecule has 3 N–H and O–H groups in total. The average molecular weight is 341 g/mol. The van der Waals surface area contributed by atoms with Gasteiger partial charge in [-0.2, -0.15) is 0 Å². The number of primary amides is 1. The number of anilines is 1. The predicted molar refractivity (Wildman–Crippen MR) is 90.0 cm³/mol. The van der Waals surface area contributed by atoms with E-state index in [1.165, 1.54) is 0 Å². The number of carbonyl (C=O) groups is 4. The van der Waals surface area contributed by atoms with Gasteiger partial charge in [0, 0.05) is 5.69 Å². The number of amides is 4. The summed E-state index contributed by atoms with van der Waals surface area (Å²) in [5.74, 6) is -2.08. The molecule has 7 nitrogen and oxygen atoms in total. The summed E-state index contributed by atoms with van der Waals surface area (Å²) in [5.41, 5.74) is 6.39. The second-order valence-electron chi connectivity index (χ2n) is 6.31. The third-order valence-electron chi connectivity index (χ3n) is 4.52. The van der Waals surface area contributed by atoms with Crippen LogP contribution >= 0.6 is 0 Å². The van der Waals surface area contributed by atoms with Gasteiger partial charge in [0.25, 0.3) is 0 Å². The number of carbonyl (C=O) groups excluding carboxylic acids is 4. The molecule has 7 heteroatoms. The van der Waals surface area contributed by atoms with Gasteiger partial charge in [-0.15, -0.1) is 0 Å². The van der Waals surface area contributed by atoms with Gasteiger partial charge in [-0.25, -0.2) is 0 Å². The zero-order valence-corrected chi connectivity index (χ0v) is 13.6. The Labute approximate surface area is 144 Å². The van der Waals surface area contributed by atoms with Gasteiger partial charge >= 0.3 is 0 Å². The minimum Gasteiger partial charge on any atom is -0.369 e. The maximum atomic E-state index is 12.3. The molecule has 0 saturated carbocycles. The molecule has 0 spiro atoms.